The molecule has 1 fully saturated rings. The summed E-state index contributed by atoms with van der Waals surface area (Å²) in [6.07, 6.45) is 6.55. The largest absolute Gasteiger partial charge is 0.497 e. The van der Waals surface area contributed by atoms with Gasteiger partial charge in [0.15, 0.2) is 5.69 Å². The van der Waals surface area contributed by atoms with E-state index in [4.69, 9.17) is 4.74 Å². The Labute approximate surface area is 181 Å². The number of ether oxygens (including phenoxy) is 1. The number of likely N-dealkylation sites (tertiary alicyclic amines) is 1. The third-order valence-corrected chi connectivity index (χ3v) is 6.27. The van der Waals surface area contributed by atoms with E-state index in [1.54, 1.807) is 18.9 Å². The smallest absolute Gasteiger partial charge is 0.278 e. The maximum absolute atomic E-state index is 13.4. The lowest BCUT2D eigenvalue weighted by atomic mass is 9.81. The molecule has 1 atom stereocenters. The Morgan fingerprint density at radius 2 is 2.03 bits per heavy atom. The van der Waals surface area contributed by atoms with Gasteiger partial charge >= 0.3 is 0 Å². The van der Waals surface area contributed by atoms with Crippen LogP contribution in [0.4, 0.5) is 0 Å². The van der Waals surface area contributed by atoms with Crippen LogP contribution in [0, 0.1) is 18.8 Å². The minimum absolute atomic E-state index is 0.0583. The lowest BCUT2D eigenvalue weighted by Crippen LogP contribution is -2.44. The summed E-state index contributed by atoms with van der Waals surface area (Å²) in [7, 11) is 1.65. The first kappa shape index (κ1) is 21.1. The minimum atomic E-state index is -0.149. The number of rotatable bonds is 5. The molecule has 1 unspecified atom stereocenters. The number of aryl methyl sites for hydroxylation is 1. The summed E-state index contributed by atoms with van der Waals surface area (Å²) in [6, 6.07) is 7.84. The molecule has 2 aliphatic rings. The standard InChI is InChI=1S/C23H28N4O4/c1-16-21(25-31-24-16)23(29)26-12-9-18(10-13-26)20-8-3-4-11-27(22(20)28)15-17-6-5-7-19(14-17)30-2/h3-7,14,18,20H,8-13,15H2,1-2H3. The summed E-state index contributed by atoms with van der Waals surface area (Å²) in [6.45, 7) is 4.11. The van der Waals surface area contributed by atoms with E-state index in [0.29, 0.717) is 31.9 Å². The van der Waals surface area contributed by atoms with Gasteiger partial charge in [-0.25, -0.2) is 4.63 Å². The molecule has 164 valence electrons. The van der Waals surface area contributed by atoms with E-state index in [0.717, 1.165) is 30.6 Å². The molecule has 4 rings (SSSR count). The normalized spacial score (nSPS) is 20.1. The van der Waals surface area contributed by atoms with Gasteiger partial charge in [0.2, 0.25) is 5.91 Å². The molecule has 3 heterocycles. The van der Waals surface area contributed by atoms with Crippen molar-refractivity contribution in [1.29, 1.82) is 0 Å². The molecule has 1 saturated heterocycles. The Morgan fingerprint density at radius 3 is 2.74 bits per heavy atom. The van der Waals surface area contributed by atoms with Crippen LogP contribution in [0.3, 0.4) is 0 Å². The monoisotopic (exact) mass is 424 g/mol. The van der Waals surface area contributed by atoms with Crippen LogP contribution in [0.15, 0.2) is 41.0 Å². The first-order valence-corrected chi connectivity index (χ1v) is 10.7. The first-order chi connectivity index (χ1) is 15.1. The van der Waals surface area contributed by atoms with Crippen molar-refractivity contribution in [2.75, 3.05) is 26.7 Å². The van der Waals surface area contributed by atoms with E-state index < -0.39 is 0 Å². The number of amides is 2. The molecule has 2 aliphatic heterocycles. The van der Waals surface area contributed by atoms with Crippen LogP contribution in [-0.4, -0.2) is 58.7 Å². The summed E-state index contributed by atoms with van der Waals surface area (Å²) < 4.78 is 9.97. The Kier molecular flexibility index (Phi) is 6.34. The topological polar surface area (TPSA) is 88.8 Å². The molecule has 8 heteroatoms. The average Bonchev–Trinajstić information content (AvgIpc) is 3.15. The van der Waals surface area contributed by atoms with Crippen LogP contribution in [-0.2, 0) is 11.3 Å². The molecule has 0 N–H and O–H groups in total. The Bertz CT molecular complexity index is 962. The molecule has 1 aromatic carbocycles. The number of hydrogen-bond donors (Lipinski definition) is 0. The van der Waals surface area contributed by atoms with Gasteiger partial charge in [-0.05, 0) is 55.0 Å². The van der Waals surface area contributed by atoms with Crippen LogP contribution < -0.4 is 4.74 Å². The lowest BCUT2D eigenvalue weighted by Gasteiger charge is -2.36. The van der Waals surface area contributed by atoms with Gasteiger partial charge in [0.25, 0.3) is 5.91 Å². The second-order valence-electron chi connectivity index (χ2n) is 8.21. The minimum Gasteiger partial charge on any atom is -0.497 e. The first-order valence-electron chi connectivity index (χ1n) is 10.7. The zero-order valence-electron chi connectivity index (χ0n) is 18.0. The number of benzene rings is 1. The number of hydrogen-bond acceptors (Lipinski definition) is 6. The van der Waals surface area contributed by atoms with Gasteiger partial charge in [-0.1, -0.05) is 29.4 Å². The van der Waals surface area contributed by atoms with E-state index in [9.17, 15) is 9.59 Å². The summed E-state index contributed by atoms with van der Waals surface area (Å²) in [5.74, 6) is 1.03. The maximum Gasteiger partial charge on any atom is 0.278 e. The Hall–Kier alpha value is -3.16. The van der Waals surface area contributed by atoms with Crippen LogP contribution in [0.25, 0.3) is 0 Å². The fourth-order valence-electron chi connectivity index (χ4n) is 4.48. The third-order valence-electron chi connectivity index (χ3n) is 6.27. The van der Waals surface area contributed by atoms with Crippen LogP contribution >= 0.6 is 0 Å². The van der Waals surface area contributed by atoms with Gasteiger partial charge in [0.1, 0.15) is 11.4 Å². The van der Waals surface area contributed by atoms with Gasteiger partial charge in [-0.2, -0.15) is 0 Å². The molecule has 0 bridgehead atoms. The molecule has 2 amide bonds. The molecule has 0 saturated carbocycles. The van der Waals surface area contributed by atoms with Crippen molar-refractivity contribution in [1.82, 2.24) is 20.1 Å². The van der Waals surface area contributed by atoms with Crippen LogP contribution in [0.2, 0.25) is 0 Å². The molecule has 0 aliphatic carbocycles. The van der Waals surface area contributed by atoms with Crippen molar-refractivity contribution in [3.63, 3.8) is 0 Å². The molecule has 0 radical (unpaired) electrons. The highest BCUT2D eigenvalue weighted by molar-refractivity contribution is 5.93. The predicted octanol–water partition coefficient (Wildman–Crippen LogP) is 2.84. The zero-order valence-corrected chi connectivity index (χ0v) is 18.0. The van der Waals surface area contributed by atoms with Crippen molar-refractivity contribution in [3.8, 4) is 5.75 Å². The lowest BCUT2D eigenvalue weighted by molar-refractivity contribution is -0.137. The number of aromatic nitrogens is 2. The van der Waals surface area contributed by atoms with Crippen molar-refractivity contribution in [2.24, 2.45) is 11.8 Å². The SMILES string of the molecule is COc1cccc(CN2CC=CCC(C3CCN(C(=O)c4nonc4C)CC3)C2=O)c1. The van der Waals surface area contributed by atoms with Gasteiger partial charge in [-0.3, -0.25) is 9.59 Å². The average molecular weight is 425 g/mol. The predicted molar refractivity (Wildman–Crippen MR) is 113 cm³/mol. The third kappa shape index (κ3) is 4.62. The quantitative estimate of drug-likeness (QED) is 0.686. The molecule has 1 aromatic heterocycles. The maximum atomic E-state index is 13.4. The van der Waals surface area contributed by atoms with Gasteiger partial charge in [0, 0.05) is 32.1 Å². The molecule has 2 aromatic rings. The van der Waals surface area contributed by atoms with Crippen molar-refractivity contribution in [2.45, 2.75) is 32.7 Å². The molecule has 8 nitrogen and oxygen atoms in total. The fraction of sp³-hybridized carbons (Fsp3) is 0.478. The highest BCUT2D eigenvalue weighted by Gasteiger charge is 2.35. The van der Waals surface area contributed by atoms with E-state index in [-0.39, 0.29) is 29.3 Å². The van der Waals surface area contributed by atoms with Gasteiger partial charge < -0.3 is 14.5 Å². The van der Waals surface area contributed by atoms with Crippen molar-refractivity contribution in [3.05, 3.63) is 53.4 Å². The van der Waals surface area contributed by atoms with E-state index >= 15 is 0 Å². The zero-order chi connectivity index (χ0) is 21.8. The number of piperidine rings is 1. The van der Waals surface area contributed by atoms with E-state index in [2.05, 4.69) is 27.1 Å². The summed E-state index contributed by atoms with van der Waals surface area (Å²) in [5.41, 5.74) is 1.83. The fourth-order valence-corrected chi connectivity index (χ4v) is 4.48. The molecular weight excluding hydrogens is 396 g/mol. The molecule has 31 heavy (non-hydrogen) atoms. The van der Waals surface area contributed by atoms with Gasteiger partial charge in [-0.15, -0.1) is 0 Å². The van der Waals surface area contributed by atoms with Crippen LogP contribution in [0.5, 0.6) is 5.75 Å². The Balaban J connectivity index is 1.40. The Morgan fingerprint density at radius 1 is 1.23 bits per heavy atom. The summed E-state index contributed by atoms with van der Waals surface area (Å²) in [4.78, 5) is 29.8. The highest BCUT2D eigenvalue weighted by Crippen LogP contribution is 2.31. The van der Waals surface area contributed by atoms with E-state index in [1.165, 1.54) is 0 Å². The second-order valence-corrected chi connectivity index (χ2v) is 8.21. The number of nitrogens with zero attached hydrogens (tertiary/aromatic N) is 4. The van der Waals surface area contributed by atoms with E-state index in [1.807, 2.05) is 29.2 Å². The van der Waals surface area contributed by atoms with Crippen LogP contribution in [0.1, 0.15) is 41.0 Å². The number of methoxy groups -OCH3 is 1. The summed E-state index contributed by atoms with van der Waals surface area (Å²) >= 11 is 0. The number of carbonyl (C=O) groups is 2. The second kappa shape index (κ2) is 9.32. The van der Waals surface area contributed by atoms with Gasteiger partial charge in [0.05, 0.1) is 7.11 Å². The number of allylic oxidation sites excluding steroid dienone is 1. The number of carbonyl (C=O) groups excluding carboxylic acids is 2. The molecule has 0 spiro atoms. The summed E-state index contributed by atoms with van der Waals surface area (Å²) in [5, 5.41) is 7.43. The molecular formula is C23H28N4O4. The van der Waals surface area contributed by atoms with Crippen molar-refractivity contribution >= 4 is 11.8 Å². The highest BCUT2D eigenvalue weighted by atomic mass is 16.6. The van der Waals surface area contributed by atoms with Crippen molar-refractivity contribution < 1.29 is 19.0 Å².